The molecule has 4 aromatic rings. The van der Waals surface area contributed by atoms with E-state index in [1.165, 1.54) is 6.07 Å². The second-order valence-electron chi connectivity index (χ2n) is 10.7. The van der Waals surface area contributed by atoms with Gasteiger partial charge in [0.1, 0.15) is 47.6 Å². The van der Waals surface area contributed by atoms with Gasteiger partial charge in [-0.3, -0.25) is 4.90 Å². The van der Waals surface area contributed by atoms with Crippen LogP contribution >= 0.6 is 0 Å². The van der Waals surface area contributed by atoms with Gasteiger partial charge in [-0.1, -0.05) is 30.2 Å². The van der Waals surface area contributed by atoms with E-state index in [1.807, 2.05) is 11.9 Å². The third kappa shape index (κ3) is 3.75. The number of aromatic nitrogens is 3. The lowest BCUT2D eigenvalue weighted by Gasteiger charge is -2.31. The number of pyridine rings is 1. The van der Waals surface area contributed by atoms with Gasteiger partial charge >= 0.3 is 6.01 Å². The Balaban J connectivity index is 1.40. The van der Waals surface area contributed by atoms with Crippen LogP contribution in [-0.2, 0) is 0 Å². The molecule has 0 bridgehead atoms. The standard InChI is InChI=1S/C30H26F3N5O2/c1-3-19-21(32)9-8-17-6-4-7-20(22(17)19)25-24(33)26-23-27(37(2)12-13-39-28(23)34-25)36-29(35-26)40-16-30-10-5-11-38(30)15-18(31)14-30/h1,4,6-9,18H,5,10-16H2,2H3/t18-,30+/m1/s1. The number of ether oxygens (including phenoxy) is 2. The van der Waals surface area contributed by atoms with Gasteiger partial charge in [-0.2, -0.15) is 9.97 Å². The van der Waals surface area contributed by atoms with Crippen LogP contribution in [0.15, 0.2) is 30.3 Å². The molecule has 10 heteroatoms. The fourth-order valence-electron chi connectivity index (χ4n) is 6.45. The van der Waals surface area contributed by atoms with Gasteiger partial charge in [0.25, 0.3) is 0 Å². The average molecular weight is 546 g/mol. The molecule has 3 aliphatic heterocycles. The molecule has 0 spiro atoms. The fourth-order valence-corrected chi connectivity index (χ4v) is 6.45. The summed E-state index contributed by atoms with van der Waals surface area (Å²) in [5.41, 5.74) is -0.152. The van der Waals surface area contributed by atoms with E-state index in [1.54, 1.807) is 24.3 Å². The summed E-state index contributed by atoms with van der Waals surface area (Å²) in [6, 6.07) is 8.05. The molecule has 0 N–H and O–H groups in total. The minimum absolute atomic E-state index is 0.00457. The van der Waals surface area contributed by atoms with E-state index in [2.05, 4.69) is 25.8 Å². The number of hydrogen-bond donors (Lipinski definition) is 0. The van der Waals surface area contributed by atoms with Crippen molar-refractivity contribution < 1.29 is 22.6 Å². The summed E-state index contributed by atoms with van der Waals surface area (Å²) in [6.07, 6.45) is 6.95. The van der Waals surface area contributed by atoms with Crippen molar-refractivity contribution in [3.05, 3.63) is 47.5 Å². The Labute approximate surface area is 228 Å². The Kier molecular flexibility index (Phi) is 5.75. The molecule has 0 radical (unpaired) electrons. The molecule has 0 unspecified atom stereocenters. The van der Waals surface area contributed by atoms with Gasteiger partial charge in [0.15, 0.2) is 5.82 Å². The maximum absolute atomic E-state index is 16.5. The van der Waals surface area contributed by atoms with Gasteiger partial charge in [-0.15, -0.1) is 6.42 Å². The topological polar surface area (TPSA) is 63.6 Å². The number of rotatable bonds is 4. The van der Waals surface area contributed by atoms with Gasteiger partial charge in [-0.05, 0) is 30.8 Å². The predicted molar refractivity (Wildman–Crippen MR) is 145 cm³/mol. The second-order valence-corrected chi connectivity index (χ2v) is 10.7. The largest absolute Gasteiger partial charge is 0.475 e. The van der Waals surface area contributed by atoms with Crippen molar-refractivity contribution in [2.75, 3.05) is 44.8 Å². The lowest BCUT2D eigenvalue weighted by atomic mass is 9.95. The zero-order valence-electron chi connectivity index (χ0n) is 21.9. The molecule has 2 saturated heterocycles. The van der Waals surface area contributed by atoms with Crippen LogP contribution in [0, 0.1) is 24.0 Å². The highest BCUT2D eigenvalue weighted by atomic mass is 19.1. The number of likely N-dealkylation sites (N-methyl/N-ethyl adjacent to an activating group) is 1. The molecule has 40 heavy (non-hydrogen) atoms. The van der Waals surface area contributed by atoms with E-state index >= 15 is 4.39 Å². The van der Waals surface area contributed by atoms with Gasteiger partial charge in [0.05, 0.1) is 17.6 Å². The molecule has 0 aliphatic carbocycles. The number of halogens is 3. The minimum Gasteiger partial charge on any atom is -0.475 e. The Morgan fingerprint density at radius 3 is 2.88 bits per heavy atom. The molecule has 204 valence electrons. The van der Waals surface area contributed by atoms with E-state index in [4.69, 9.17) is 15.9 Å². The number of hydrogen-bond acceptors (Lipinski definition) is 7. The molecule has 5 heterocycles. The predicted octanol–water partition coefficient (Wildman–Crippen LogP) is 4.89. The summed E-state index contributed by atoms with van der Waals surface area (Å²) in [7, 11) is 1.82. The normalized spacial score (nSPS) is 22.3. The van der Waals surface area contributed by atoms with Crippen LogP contribution < -0.4 is 14.4 Å². The Bertz CT molecular complexity index is 1720. The van der Waals surface area contributed by atoms with Crippen molar-refractivity contribution >= 4 is 27.5 Å². The Morgan fingerprint density at radius 2 is 2.02 bits per heavy atom. The summed E-state index contributed by atoms with van der Waals surface area (Å²) in [5, 5.41) is 1.35. The van der Waals surface area contributed by atoms with Gasteiger partial charge in [0, 0.05) is 31.0 Å². The van der Waals surface area contributed by atoms with Gasteiger partial charge < -0.3 is 14.4 Å². The first kappa shape index (κ1) is 24.9. The molecule has 7 rings (SSSR count). The number of alkyl halides is 1. The van der Waals surface area contributed by atoms with Gasteiger partial charge in [0.2, 0.25) is 5.88 Å². The van der Waals surface area contributed by atoms with Crippen molar-refractivity contribution in [2.45, 2.75) is 31.0 Å². The lowest BCUT2D eigenvalue weighted by Crippen LogP contribution is -2.43. The molecule has 0 amide bonds. The molecular formula is C30H26F3N5O2. The first-order chi connectivity index (χ1) is 19.4. The maximum Gasteiger partial charge on any atom is 0.319 e. The van der Waals surface area contributed by atoms with E-state index < -0.39 is 23.3 Å². The van der Waals surface area contributed by atoms with Crippen molar-refractivity contribution in [2.24, 2.45) is 0 Å². The molecular weight excluding hydrogens is 519 g/mol. The Hall–Kier alpha value is -4.10. The molecule has 2 aromatic carbocycles. The van der Waals surface area contributed by atoms with E-state index in [-0.39, 0.29) is 41.9 Å². The van der Waals surface area contributed by atoms with Crippen LogP contribution in [0.1, 0.15) is 24.8 Å². The van der Waals surface area contributed by atoms with Gasteiger partial charge in [-0.25, -0.2) is 18.2 Å². The second kappa shape index (κ2) is 9.24. The maximum atomic E-state index is 16.5. The number of anilines is 1. The van der Waals surface area contributed by atoms with Crippen LogP contribution in [-0.4, -0.2) is 71.5 Å². The Morgan fingerprint density at radius 1 is 1.15 bits per heavy atom. The van der Waals surface area contributed by atoms with Crippen molar-refractivity contribution in [1.82, 2.24) is 19.9 Å². The molecule has 3 aliphatic rings. The van der Waals surface area contributed by atoms with Crippen LogP contribution in [0.2, 0.25) is 0 Å². The number of terminal acetylenes is 1. The fraction of sp³-hybridized carbons (Fsp3) is 0.367. The van der Waals surface area contributed by atoms with Crippen molar-refractivity contribution in [1.29, 1.82) is 0 Å². The van der Waals surface area contributed by atoms with Crippen molar-refractivity contribution in [3.8, 4) is 35.5 Å². The quantitative estimate of drug-likeness (QED) is 0.339. The SMILES string of the molecule is C#Cc1c(F)ccc2cccc(-c3nc4c5c(nc(OC[C@@]67CCCN6C[C@H](F)C7)nc5c3F)N(C)CCO4)c12. The lowest BCUT2D eigenvalue weighted by molar-refractivity contribution is 0.107. The molecule has 2 aromatic heterocycles. The van der Waals surface area contributed by atoms with Crippen LogP contribution in [0.4, 0.5) is 19.0 Å². The van der Waals surface area contributed by atoms with Crippen molar-refractivity contribution in [3.63, 3.8) is 0 Å². The average Bonchev–Trinajstić information content (AvgIpc) is 3.42. The number of fused-ring (bicyclic) bond motifs is 2. The molecule has 2 atom stereocenters. The third-order valence-electron chi connectivity index (χ3n) is 8.36. The van der Waals surface area contributed by atoms with Crippen LogP contribution in [0.3, 0.4) is 0 Å². The monoisotopic (exact) mass is 545 g/mol. The molecule has 2 fully saturated rings. The molecule has 0 saturated carbocycles. The van der Waals surface area contributed by atoms with Crippen LogP contribution in [0.25, 0.3) is 32.9 Å². The highest BCUT2D eigenvalue weighted by Crippen LogP contribution is 2.43. The number of nitrogens with zero attached hydrogens (tertiary/aromatic N) is 5. The smallest absolute Gasteiger partial charge is 0.319 e. The highest BCUT2D eigenvalue weighted by molar-refractivity contribution is 6.03. The molecule has 7 nitrogen and oxygen atoms in total. The summed E-state index contributed by atoms with van der Waals surface area (Å²) >= 11 is 0. The van der Waals surface area contributed by atoms with Crippen LogP contribution in [0.5, 0.6) is 11.9 Å². The highest BCUT2D eigenvalue weighted by Gasteiger charge is 2.49. The summed E-state index contributed by atoms with van der Waals surface area (Å²) < 4.78 is 57.6. The summed E-state index contributed by atoms with van der Waals surface area (Å²) in [4.78, 5) is 17.6. The zero-order valence-corrected chi connectivity index (χ0v) is 21.9. The summed E-state index contributed by atoms with van der Waals surface area (Å²) in [5.74, 6) is 1.69. The van der Waals surface area contributed by atoms with E-state index in [0.717, 1.165) is 19.4 Å². The number of benzene rings is 2. The zero-order chi connectivity index (χ0) is 27.6. The summed E-state index contributed by atoms with van der Waals surface area (Å²) in [6.45, 7) is 2.18. The minimum atomic E-state index is -0.901. The van der Waals surface area contributed by atoms with E-state index in [9.17, 15) is 8.78 Å². The van der Waals surface area contributed by atoms with E-state index in [0.29, 0.717) is 47.1 Å². The third-order valence-corrected chi connectivity index (χ3v) is 8.36. The first-order valence-electron chi connectivity index (χ1n) is 13.3. The first-order valence-corrected chi connectivity index (χ1v) is 13.3.